The molecule has 0 heterocycles. The summed E-state index contributed by atoms with van der Waals surface area (Å²) in [6.45, 7) is 12.2. The topological polar surface area (TPSA) is 0 Å². The van der Waals surface area contributed by atoms with Gasteiger partial charge in [0.25, 0.3) is 0 Å². The quantitative estimate of drug-likeness (QED) is 0.353. The van der Waals surface area contributed by atoms with Gasteiger partial charge in [0, 0.05) is 0 Å². The molecule has 1 aliphatic rings. The van der Waals surface area contributed by atoms with Crippen LogP contribution in [-0.4, -0.2) is 11.8 Å². The molecule has 0 nitrogen and oxygen atoms in total. The zero-order chi connectivity index (χ0) is 14.3. The van der Waals surface area contributed by atoms with Crippen molar-refractivity contribution in [2.75, 3.05) is 6.16 Å². The SMILES string of the molecule is CCCCPC1CCCC(C(C)CC)(C(C)CC)C1. The molecule has 1 rings (SSSR count). The van der Waals surface area contributed by atoms with Gasteiger partial charge < -0.3 is 0 Å². The second-order valence-electron chi connectivity index (χ2n) is 6.95. The average Bonchev–Trinajstić information content (AvgIpc) is 2.45. The van der Waals surface area contributed by atoms with E-state index in [0.717, 1.165) is 17.5 Å². The highest BCUT2D eigenvalue weighted by Crippen LogP contribution is 2.53. The third kappa shape index (κ3) is 4.45. The van der Waals surface area contributed by atoms with Crippen LogP contribution < -0.4 is 0 Å². The van der Waals surface area contributed by atoms with Crippen LogP contribution >= 0.6 is 8.58 Å². The predicted octanol–water partition coefficient (Wildman–Crippen LogP) is 6.49. The van der Waals surface area contributed by atoms with Crippen molar-refractivity contribution < 1.29 is 0 Å². The first kappa shape index (κ1) is 17.5. The maximum absolute atomic E-state index is 2.53. The van der Waals surface area contributed by atoms with Crippen LogP contribution in [0.25, 0.3) is 0 Å². The van der Waals surface area contributed by atoms with E-state index in [4.69, 9.17) is 0 Å². The molecule has 4 atom stereocenters. The molecule has 1 heteroatoms. The summed E-state index contributed by atoms with van der Waals surface area (Å²) in [6, 6.07) is 0. The van der Waals surface area contributed by atoms with Crippen molar-refractivity contribution in [1.82, 2.24) is 0 Å². The fourth-order valence-electron chi connectivity index (χ4n) is 4.19. The maximum atomic E-state index is 2.53. The van der Waals surface area contributed by atoms with Crippen molar-refractivity contribution in [2.24, 2.45) is 17.3 Å². The zero-order valence-corrected chi connectivity index (χ0v) is 15.1. The van der Waals surface area contributed by atoms with Crippen molar-refractivity contribution >= 4 is 8.58 Å². The fourth-order valence-corrected chi connectivity index (χ4v) is 6.09. The van der Waals surface area contributed by atoms with Gasteiger partial charge in [0.05, 0.1) is 0 Å². The van der Waals surface area contributed by atoms with Gasteiger partial charge in [-0.1, -0.05) is 60.3 Å². The molecule has 0 aromatic carbocycles. The standard InChI is InChI=1S/C18H37P/c1-6-9-13-19-17-11-10-12-18(14-17,15(4)7-2)16(5)8-3/h15-17,19H,6-14H2,1-5H3. The molecule has 1 aliphatic carbocycles. The van der Waals surface area contributed by atoms with Crippen LogP contribution in [0.1, 0.15) is 86.0 Å². The Morgan fingerprint density at radius 2 is 1.74 bits per heavy atom. The van der Waals surface area contributed by atoms with Crippen LogP contribution in [0.5, 0.6) is 0 Å². The van der Waals surface area contributed by atoms with E-state index < -0.39 is 0 Å². The second-order valence-corrected chi connectivity index (χ2v) is 8.68. The first-order chi connectivity index (χ1) is 9.10. The zero-order valence-electron chi connectivity index (χ0n) is 14.1. The Balaban J connectivity index is 2.69. The van der Waals surface area contributed by atoms with Gasteiger partial charge in [-0.2, -0.15) is 0 Å². The fraction of sp³-hybridized carbons (Fsp3) is 1.00. The third-order valence-corrected chi connectivity index (χ3v) is 7.68. The van der Waals surface area contributed by atoms with Crippen LogP contribution in [0.3, 0.4) is 0 Å². The largest absolute Gasteiger partial charge is 0.119 e. The van der Waals surface area contributed by atoms with Crippen molar-refractivity contribution in [3.8, 4) is 0 Å². The molecular weight excluding hydrogens is 247 g/mol. The summed E-state index contributed by atoms with van der Waals surface area (Å²) in [5.74, 6) is 1.84. The number of hydrogen-bond donors (Lipinski definition) is 0. The molecule has 0 N–H and O–H groups in total. The molecule has 0 amide bonds. The summed E-state index contributed by atoms with van der Waals surface area (Å²) < 4.78 is 0. The van der Waals surface area contributed by atoms with Crippen LogP contribution in [0.4, 0.5) is 0 Å². The molecule has 1 saturated carbocycles. The lowest BCUT2D eigenvalue weighted by atomic mass is 9.58. The molecule has 1 fully saturated rings. The maximum Gasteiger partial charge on any atom is -0.0231 e. The summed E-state index contributed by atoms with van der Waals surface area (Å²) in [7, 11) is 1.24. The molecule has 4 unspecified atom stereocenters. The molecule has 0 spiro atoms. The van der Waals surface area contributed by atoms with Gasteiger partial charge in [-0.15, -0.1) is 8.58 Å². The average molecular weight is 284 g/mol. The number of unbranched alkanes of at least 4 members (excludes halogenated alkanes) is 1. The molecule has 19 heavy (non-hydrogen) atoms. The Kier molecular flexibility index (Phi) is 7.97. The molecule has 0 aromatic heterocycles. The predicted molar refractivity (Wildman–Crippen MR) is 91.7 cm³/mol. The third-order valence-electron chi connectivity index (χ3n) is 5.97. The molecule has 0 aliphatic heterocycles. The van der Waals surface area contributed by atoms with Gasteiger partial charge >= 0.3 is 0 Å². The van der Waals surface area contributed by atoms with Gasteiger partial charge in [-0.05, 0) is 54.8 Å². The highest BCUT2D eigenvalue weighted by atomic mass is 31.1. The second kappa shape index (κ2) is 8.66. The molecule has 0 bridgehead atoms. The van der Waals surface area contributed by atoms with Gasteiger partial charge in [-0.25, -0.2) is 0 Å². The lowest BCUT2D eigenvalue weighted by molar-refractivity contribution is 0.0385. The first-order valence-corrected chi connectivity index (χ1v) is 10.1. The minimum absolute atomic E-state index is 0.672. The molecule has 0 saturated heterocycles. The Bertz CT molecular complexity index is 226. The van der Waals surface area contributed by atoms with Crippen molar-refractivity contribution in [1.29, 1.82) is 0 Å². The number of hydrogen-bond acceptors (Lipinski definition) is 0. The molecular formula is C18H37P. The van der Waals surface area contributed by atoms with E-state index in [1.165, 1.54) is 59.7 Å². The summed E-state index contributed by atoms with van der Waals surface area (Å²) in [6.07, 6.45) is 13.1. The summed E-state index contributed by atoms with van der Waals surface area (Å²) in [4.78, 5) is 0. The van der Waals surface area contributed by atoms with Crippen LogP contribution in [0.15, 0.2) is 0 Å². The van der Waals surface area contributed by atoms with Gasteiger partial charge in [-0.3, -0.25) is 0 Å². The highest BCUT2D eigenvalue weighted by molar-refractivity contribution is 7.38. The van der Waals surface area contributed by atoms with Crippen molar-refractivity contribution in [3.05, 3.63) is 0 Å². The van der Waals surface area contributed by atoms with E-state index in [2.05, 4.69) is 34.6 Å². The van der Waals surface area contributed by atoms with Gasteiger partial charge in [0.15, 0.2) is 0 Å². The van der Waals surface area contributed by atoms with Crippen molar-refractivity contribution in [2.45, 2.75) is 91.6 Å². The van der Waals surface area contributed by atoms with E-state index >= 15 is 0 Å². The summed E-state index contributed by atoms with van der Waals surface area (Å²) in [5.41, 5.74) is 1.73. The Morgan fingerprint density at radius 3 is 2.26 bits per heavy atom. The van der Waals surface area contributed by atoms with E-state index in [1.54, 1.807) is 6.42 Å². The Morgan fingerprint density at radius 1 is 1.11 bits per heavy atom. The Hall–Kier alpha value is 0.430. The minimum Gasteiger partial charge on any atom is -0.119 e. The van der Waals surface area contributed by atoms with E-state index in [1.807, 2.05) is 0 Å². The Labute approximate surface area is 124 Å². The van der Waals surface area contributed by atoms with Crippen LogP contribution in [-0.2, 0) is 0 Å². The molecule has 0 aromatic rings. The minimum atomic E-state index is 0.672. The van der Waals surface area contributed by atoms with Crippen LogP contribution in [0, 0.1) is 17.3 Å². The van der Waals surface area contributed by atoms with E-state index in [9.17, 15) is 0 Å². The lowest BCUT2D eigenvalue weighted by Gasteiger charge is -2.49. The van der Waals surface area contributed by atoms with Crippen molar-refractivity contribution in [3.63, 3.8) is 0 Å². The highest BCUT2D eigenvalue weighted by Gasteiger charge is 2.42. The van der Waals surface area contributed by atoms with Crippen LogP contribution in [0.2, 0.25) is 0 Å². The van der Waals surface area contributed by atoms with E-state index in [-0.39, 0.29) is 0 Å². The van der Waals surface area contributed by atoms with E-state index in [0.29, 0.717) is 5.41 Å². The van der Waals surface area contributed by atoms with Gasteiger partial charge in [0.1, 0.15) is 0 Å². The first-order valence-electron chi connectivity index (χ1n) is 8.84. The smallest absolute Gasteiger partial charge is 0.0231 e. The molecule has 114 valence electrons. The normalized spacial score (nSPS) is 31.7. The van der Waals surface area contributed by atoms with Gasteiger partial charge in [0.2, 0.25) is 0 Å². The lowest BCUT2D eigenvalue weighted by Crippen LogP contribution is -2.40. The summed E-state index contributed by atoms with van der Waals surface area (Å²) >= 11 is 0. The monoisotopic (exact) mass is 284 g/mol. The summed E-state index contributed by atoms with van der Waals surface area (Å²) in [5, 5.41) is 0. The molecule has 0 radical (unpaired) electrons. The number of rotatable bonds is 8.